The molecule has 0 aliphatic carbocycles. The van der Waals surface area contributed by atoms with E-state index in [4.69, 9.17) is 0 Å². The summed E-state index contributed by atoms with van der Waals surface area (Å²) < 4.78 is 0. The predicted octanol–water partition coefficient (Wildman–Crippen LogP) is 1.20. The molecule has 1 aliphatic rings. The highest BCUT2D eigenvalue weighted by Gasteiger charge is 2.29. The second kappa shape index (κ2) is 6.67. The zero-order chi connectivity index (χ0) is 14.5. The summed E-state index contributed by atoms with van der Waals surface area (Å²) in [6.45, 7) is 1.85. The van der Waals surface area contributed by atoms with Gasteiger partial charge in [0.2, 0.25) is 11.8 Å². The summed E-state index contributed by atoms with van der Waals surface area (Å²) in [5.41, 5.74) is 0.768. The van der Waals surface area contributed by atoms with Crippen LogP contribution in [-0.2, 0) is 9.59 Å². The highest BCUT2D eigenvalue weighted by molar-refractivity contribution is 8.15. The molecule has 2 heterocycles. The molecule has 1 fully saturated rings. The SMILES string of the molecule is CNC(=O)[C@@H]1CC(=O)N/C(=N\N=C(/C)c2cccs2)S1. The Balaban J connectivity index is 2.11. The molecule has 20 heavy (non-hydrogen) atoms. The zero-order valence-electron chi connectivity index (χ0n) is 11.0. The number of thiophene rings is 1. The molecule has 2 rings (SSSR count). The van der Waals surface area contributed by atoms with Crippen molar-refractivity contribution in [1.82, 2.24) is 10.6 Å². The molecule has 6 nitrogen and oxygen atoms in total. The minimum absolute atomic E-state index is 0.150. The van der Waals surface area contributed by atoms with Crippen molar-refractivity contribution >= 4 is 45.8 Å². The van der Waals surface area contributed by atoms with Crippen LogP contribution in [-0.4, -0.2) is 35.0 Å². The lowest BCUT2D eigenvalue weighted by Gasteiger charge is -2.20. The fourth-order valence-corrected chi connectivity index (χ4v) is 3.22. The fourth-order valence-electron chi connectivity index (χ4n) is 1.55. The van der Waals surface area contributed by atoms with E-state index in [0.29, 0.717) is 5.17 Å². The van der Waals surface area contributed by atoms with Crippen LogP contribution in [0.15, 0.2) is 27.7 Å². The van der Waals surface area contributed by atoms with E-state index in [-0.39, 0.29) is 18.2 Å². The lowest BCUT2D eigenvalue weighted by Crippen LogP contribution is -2.43. The first-order valence-electron chi connectivity index (χ1n) is 5.94. The third-order valence-corrected chi connectivity index (χ3v) is 4.63. The average molecular weight is 310 g/mol. The van der Waals surface area contributed by atoms with Crippen LogP contribution in [0.2, 0.25) is 0 Å². The van der Waals surface area contributed by atoms with Gasteiger partial charge in [-0.1, -0.05) is 17.8 Å². The number of amidine groups is 1. The highest BCUT2D eigenvalue weighted by atomic mass is 32.2. The van der Waals surface area contributed by atoms with Crippen LogP contribution in [0.5, 0.6) is 0 Å². The Morgan fingerprint density at radius 2 is 2.35 bits per heavy atom. The van der Waals surface area contributed by atoms with Gasteiger partial charge in [-0.25, -0.2) is 0 Å². The normalized spacial score (nSPS) is 21.7. The maximum Gasteiger partial charge on any atom is 0.233 e. The first-order valence-corrected chi connectivity index (χ1v) is 7.70. The summed E-state index contributed by atoms with van der Waals surface area (Å²) in [6, 6.07) is 3.88. The van der Waals surface area contributed by atoms with Crippen LogP contribution in [0.3, 0.4) is 0 Å². The molecule has 8 heteroatoms. The Hall–Kier alpha value is -1.67. The Morgan fingerprint density at radius 1 is 1.55 bits per heavy atom. The molecule has 1 saturated heterocycles. The van der Waals surface area contributed by atoms with Gasteiger partial charge in [0.1, 0.15) is 0 Å². The molecule has 0 bridgehead atoms. The molecule has 106 valence electrons. The Labute approximate surface area is 124 Å². The third kappa shape index (κ3) is 3.67. The van der Waals surface area contributed by atoms with Crippen molar-refractivity contribution in [2.24, 2.45) is 10.2 Å². The number of rotatable bonds is 3. The van der Waals surface area contributed by atoms with Crippen molar-refractivity contribution in [3.8, 4) is 0 Å². The Morgan fingerprint density at radius 3 is 3.00 bits per heavy atom. The number of hydrogen-bond acceptors (Lipinski definition) is 6. The van der Waals surface area contributed by atoms with Gasteiger partial charge >= 0.3 is 0 Å². The van der Waals surface area contributed by atoms with Crippen LogP contribution in [0.1, 0.15) is 18.2 Å². The molecule has 0 saturated carbocycles. The monoisotopic (exact) mass is 310 g/mol. The van der Waals surface area contributed by atoms with Gasteiger partial charge in [-0.2, -0.15) is 5.10 Å². The number of nitrogens with one attached hydrogen (secondary N) is 2. The van der Waals surface area contributed by atoms with Crippen LogP contribution >= 0.6 is 23.1 Å². The van der Waals surface area contributed by atoms with E-state index >= 15 is 0 Å². The quantitative estimate of drug-likeness (QED) is 0.650. The van der Waals surface area contributed by atoms with Crippen molar-refractivity contribution in [2.45, 2.75) is 18.6 Å². The molecule has 1 aromatic rings. The number of nitrogens with zero attached hydrogens (tertiary/aromatic N) is 2. The average Bonchev–Trinajstić information content (AvgIpc) is 2.97. The molecule has 2 amide bonds. The van der Waals surface area contributed by atoms with Gasteiger partial charge in [0.05, 0.1) is 15.8 Å². The molecule has 0 radical (unpaired) electrons. The number of carbonyl (C=O) groups excluding carboxylic acids is 2. The van der Waals surface area contributed by atoms with E-state index in [1.54, 1.807) is 18.4 Å². The summed E-state index contributed by atoms with van der Waals surface area (Å²) in [5, 5.41) is 15.1. The first kappa shape index (κ1) is 14.7. The number of thioether (sulfide) groups is 1. The minimum atomic E-state index is -0.454. The first-order chi connectivity index (χ1) is 9.60. The largest absolute Gasteiger partial charge is 0.358 e. The van der Waals surface area contributed by atoms with E-state index in [0.717, 1.165) is 10.6 Å². The van der Waals surface area contributed by atoms with E-state index in [9.17, 15) is 9.59 Å². The van der Waals surface area contributed by atoms with Gasteiger partial charge in [0.25, 0.3) is 0 Å². The number of amides is 2. The van der Waals surface area contributed by atoms with Gasteiger partial charge in [0.15, 0.2) is 5.17 Å². The maximum atomic E-state index is 11.6. The Bertz CT molecular complexity index is 566. The molecule has 1 aliphatic heterocycles. The molecular weight excluding hydrogens is 296 g/mol. The highest BCUT2D eigenvalue weighted by Crippen LogP contribution is 2.21. The zero-order valence-corrected chi connectivity index (χ0v) is 12.7. The summed E-state index contributed by atoms with van der Waals surface area (Å²) in [5.74, 6) is -0.406. The van der Waals surface area contributed by atoms with Gasteiger partial charge in [-0.15, -0.1) is 16.4 Å². The fraction of sp³-hybridized carbons (Fsp3) is 0.333. The number of carbonyl (C=O) groups is 2. The van der Waals surface area contributed by atoms with E-state index in [1.807, 2.05) is 24.4 Å². The van der Waals surface area contributed by atoms with Crippen molar-refractivity contribution in [1.29, 1.82) is 0 Å². The van der Waals surface area contributed by atoms with E-state index in [1.165, 1.54) is 11.8 Å². The van der Waals surface area contributed by atoms with Crippen molar-refractivity contribution in [2.75, 3.05) is 7.05 Å². The van der Waals surface area contributed by atoms with Gasteiger partial charge in [-0.05, 0) is 18.4 Å². The second-order valence-electron chi connectivity index (χ2n) is 4.04. The lowest BCUT2D eigenvalue weighted by atomic mass is 10.2. The van der Waals surface area contributed by atoms with Crippen molar-refractivity contribution in [3.63, 3.8) is 0 Å². The van der Waals surface area contributed by atoms with E-state index in [2.05, 4.69) is 20.8 Å². The third-order valence-electron chi connectivity index (χ3n) is 2.58. The summed E-state index contributed by atoms with van der Waals surface area (Å²) >= 11 is 2.78. The molecule has 2 N–H and O–H groups in total. The van der Waals surface area contributed by atoms with Crippen LogP contribution in [0, 0.1) is 0 Å². The maximum absolute atomic E-state index is 11.6. The molecule has 0 unspecified atom stereocenters. The van der Waals surface area contributed by atoms with Gasteiger partial charge in [0, 0.05) is 13.5 Å². The topological polar surface area (TPSA) is 82.9 Å². The molecule has 1 aromatic heterocycles. The molecular formula is C12H14N4O2S2. The van der Waals surface area contributed by atoms with Crippen LogP contribution < -0.4 is 10.6 Å². The molecule has 0 aromatic carbocycles. The summed E-state index contributed by atoms with van der Waals surface area (Å²) in [6.07, 6.45) is 0.150. The smallest absolute Gasteiger partial charge is 0.233 e. The molecule has 0 spiro atoms. The van der Waals surface area contributed by atoms with Crippen molar-refractivity contribution in [3.05, 3.63) is 22.4 Å². The van der Waals surface area contributed by atoms with Crippen molar-refractivity contribution < 1.29 is 9.59 Å². The minimum Gasteiger partial charge on any atom is -0.358 e. The number of hydrogen-bond donors (Lipinski definition) is 2. The Kier molecular flexibility index (Phi) is 4.91. The van der Waals surface area contributed by atoms with Gasteiger partial charge < -0.3 is 10.6 Å². The standard InChI is InChI=1S/C12H14N4O2S2/c1-7(8-4-3-5-19-8)15-16-12-14-10(17)6-9(20-12)11(18)13-2/h3-5,9H,6H2,1-2H3,(H,13,18)(H,14,16,17)/b15-7+/t9-/m0/s1. The summed E-state index contributed by atoms with van der Waals surface area (Å²) in [4.78, 5) is 24.1. The molecule has 1 atom stereocenters. The van der Waals surface area contributed by atoms with E-state index < -0.39 is 5.25 Å². The van der Waals surface area contributed by atoms with Gasteiger partial charge in [-0.3, -0.25) is 9.59 Å². The predicted molar refractivity (Wildman–Crippen MR) is 82.2 cm³/mol. The second-order valence-corrected chi connectivity index (χ2v) is 6.18. The van der Waals surface area contributed by atoms with Crippen LogP contribution in [0.25, 0.3) is 0 Å². The summed E-state index contributed by atoms with van der Waals surface area (Å²) in [7, 11) is 1.55. The lowest BCUT2D eigenvalue weighted by molar-refractivity contribution is -0.125. The van der Waals surface area contributed by atoms with Crippen LogP contribution in [0.4, 0.5) is 0 Å².